The smallest absolute Gasteiger partial charge is 0.191 e. The number of hydrogen-bond donors (Lipinski definition) is 0. The minimum absolute atomic E-state index is 0.509. The first kappa shape index (κ1) is 15.1. The highest BCUT2D eigenvalue weighted by Crippen LogP contribution is 2.28. The van der Waals surface area contributed by atoms with Gasteiger partial charge in [0, 0.05) is 30.0 Å². The summed E-state index contributed by atoms with van der Waals surface area (Å²) in [6, 6.07) is 10.7. The maximum absolute atomic E-state index is 4.40. The van der Waals surface area contributed by atoms with Crippen LogP contribution >= 0.6 is 27.7 Å². The summed E-state index contributed by atoms with van der Waals surface area (Å²) in [5.74, 6) is 2.72. The number of benzene rings is 1. The molecule has 0 fully saturated rings. The lowest BCUT2D eigenvalue weighted by Crippen LogP contribution is -2.06. The van der Waals surface area contributed by atoms with E-state index >= 15 is 0 Å². The number of aromatic nitrogens is 3. The molecule has 1 aromatic heterocycles. The van der Waals surface area contributed by atoms with Crippen molar-refractivity contribution in [3.05, 3.63) is 41.7 Å². The molecular formula is C16H20BrN3S. The van der Waals surface area contributed by atoms with Crippen LogP contribution in [0, 0.1) is 0 Å². The first-order valence-corrected chi connectivity index (χ1v) is 9.65. The number of alkyl halides is 1. The zero-order chi connectivity index (χ0) is 14.5. The number of thioether (sulfide) groups is 1. The van der Waals surface area contributed by atoms with E-state index in [1.165, 1.54) is 30.7 Å². The lowest BCUT2D eigenvalue weighted by molar-refractivity contribution is 0.590. The molecule has 1 aliphatic rings. The molecule has 0 bridgehead atoms. The van der Waals surface area contributed by atoms with Crippen LogP contribution in [0.3, 0.4) is 0 Å². The van der Waals surface area contributed by atoms with Crippen LogP contribution in [0.1, 0.15) is 36.6 Å². The van der Waals surface area contributed by atoms with Crippen molar-refractivity contribution < 1.29 is 0 Å². The van der Waals surface area contributed by atoms with Gasteiger partial charge in [-0.15, -0.1) is 10.2 Å². The van der Waals surface area contributed by atoms with E-state index in [1.807, 2.05) is 11.8 Å². The van der Waals surface area contributed by atoms with Crippen molar-refractivity contribution in [2.24, 2.45) is 0 Å². The van der Waals surface area contributed by atoms with Gasteiger partial charge in [-0.1, -0.05) is 64.4 Å². The molecule has 0 N–H and O–H groups in total. The molecule has 1 aromatic carbocycles. The van der Waals surface area contributed by atoms with E-state index in [-0.39, 0.29) is 0 Å². The average Bonchev–Trinajstić information content (AvgIpc) is 2.77. The highest BCUT2D eigenvalue weighted by molar-refractivity contribution is 9.09. The maximum Gasteiger partial charge on any atom is 0.191 e. The van der Waals surface area contributed by atoms with Crippen molar-refractivity contribution in [1.29, 1.82) is 0 Å². The van der Waals surface area contributed by atoms with Crippen LogP contribution in [0.5, 0.6) is 0 Å². The molecule has 1 unspecified atom stereocenters. The minimum Gasteiger partial charge on any atom is -0.306 e. The van der Waals surface area contributed by atoms with Crippen LogP contribution in [0.2, 0.25) is 0 Å². The second-order valence-corrected chi connectivity index (χ2v) is 7.07. The van der Waals surface area contributed by atoms with E-state index in [2.05, 4.69) is 61.0 Å². The Morgan fingerprint density at radius 1 is 1.14 bits per heavy atom. The van der Waals surface area contributed by atoms with Gasteiger partial charge in [-0.05, 0) is 18.4 Å². The summed E-state index contributed by atoms with van der Waals surface area (Å²) >= 11 is 5.49. The van der Waals surface area contributed by atoms with Crippen molar-refractivity contribution in [2.75, 3.05) is 11.1 Å². The fourth-order valence-electron chi connectivity index (χ4n) is 2.70. The van der Waals surface area contributed by atoms with Crippen LogP contribution in [-0.2, 0) is 13.0 Å². The molecule has 0 saturated heterocycles. The predicted molar refractivity (Wildman–Crippen MR) is 91.3 cm³/mol. The molecule has 112 valence electrons. The molecule has 0 aliphatic carbocycles. The first-order valence-electron chi connectivity index (χ1n) is 7.54. The summed E-state index contributed by atoms with van der Waals surface area (Å²) in [6.07, 6.45) is 4.88. The topological polar surface area (TPSA) is 30.7 Å². The van der Waals surface area contributed by atoms with Gasteiger partial charge >= 0.3 is 0 Å². The molecule has 2 heterocycles. The van der Waals surface area contributed by atoms with Crippen molar-refractivity contribution >= 4 is 27.7 Å². The van der Waals surface area contributed by atoms with Crippen molar-refractivity contribution in [3.8, 4) is 0 Å². The Balaban J connectivity index is 1.68. The van der Waals surface area contributed by atoms with Gasteiger partial charge in [0.05, 0.1) is 0 Å². The lowest BCUT2D eigenvalue weighted by atomic mass is 10.0. The van der Waals surface area contributed by atoms with Crippen LogP contribution < -0.4 is 0 Å². The van der Waals surface area contributed by atoms with E-state index in [1.54, 1.807) is 0 Å². The summed E-state index contributed by atoms with van der Waals surface area (Å²) in [7, 11) is 0. The molecule has 2 aromatic rings. The zero-order valence-corrected chi connectivity index (χ0v) is 14.4. The summed E-state index contributed by atoms with van der Waals surface area (Å²) < 4.78 is 2.33. The monoisotopic (exact) mass is 365 g/mol. The van der Waals surface area contributed by atoms with Crippen LogP contribution in [0.15, 0.2) is 35.5 Å². The number of aryl methyl sites for hydroxylation is 1. The van der Waals surface area contributed by atoms with Gasteiger partial charge in [-0.25, -0.2) is 0 Å². The summed E-state index contributed by atoms with van der Waals surface area (Å²) in [6.45, 7) is 1.08. The molecule has 0 spiro atoms. The van der Waals surface area contributed by atoms with Gasteiger partial charge in [0.25, 0.3) is 0 Å². The van der Waals surface area contributed by atoms with E-state index < -0.39 is 0 Å². The van der Waals surface area contributed by atoms with Crippen LogP contribution in [0.4, 0.5) is 0 Å². The third-order valence-electron chi connectivity index (χ3n) is 3.95. The van der Waals surface area contributed by atoms with Gasteiger partial charge < -0.3 is 4.57 Å². The molecule has 21 heavy (non-hydrogen) atoms. The first-order chi connectivity index (χ1) is 10.4. The lowest BCUT2D eigenvalue weighted by Gasteiger charge is -2.14. The molecular weight excluding hydrogens is 346 g/mol. The third kappa shape index (κ3) is 3.69. The Bertz CT molecular complexity index is 570. The molecule has 1 atom stereocenters. The number of nitrogens with zero attached hydrogens (tertiary/aromatic N) is 3. The minimum atomic E-state index is 0.509. The highest BCUT2D eigenvalue weighted by Gasteiger charge is 2.17. The molecule has 0 amide bonds. The summed E-state index contributed by atoms with van der Waals surface area (Å²) in [4.78, 5) is 0. The fraction of sp³-hybridized carbons (Fsp3) is 0.500. The standard InChI is InChI=1S/C16H20BrN3S/c17-11-14(13-7-3-1-4-8-13)12-21-16-19-18-15-9-5-2-6-10-20(15)16/h1,3-4,7-8,14H,2,5-6,9-12H2. The van der Waals surface area contributed by atoms with E-state index in [0.29, 0.717) is 5.92 Å². The Kier molecular flexibility index (Phi) is 5.36. The SMILES string of the molecule is BrCC(CSc1nnc2n1CCCCC2)c1ccccc1. The Morgan fingerprint density at radius 2 is 2.00 bits per heavy atom. The number of rotatable bonds is 5. The Hall–Kier alpha value is -0.810. The number of hydrogen-bond acceptors (Lipinski definition) is 3. The largest absolute Gasteiger partial charge is 0.306 e. The van der Waals surface area contributed by atoms with E-state index in [0.717, 1.165) is 29.2 Å². The molecule has 5 heteroatoms. The Morgan fingerprint density at radius 3 is 2.81 bits per heavy atom. The molecule has 0 radical (unpaired) electrons. The maximum atomic E-state index is 4.40. The fourth-order valence-corrected chi connectivity index (χ4v) is 4.71. The highest BCUT2D eigenvalue weighted by atomic mass is 79.9. The molecule has 1 aliphatic heterocycles. The number of fused-ring (bicyclic) bond motifs is 1. The average molecular weight is 366 g/mol. The van der Waals surface area contributed by atoms with Gasteiger partial charge in [0.1, 0.15) is 5.82 Å². The Labute approximate surface area is 138 Å². The summed E-state index contributed by atoms with van der Waals surface area (Å²) in [5, 5.41) is 10.8. The number of halogens is 1. The van der Waals surface area contributed by atoms with E-state index in [4.69, 9.17) is 0 Å². The second kappa shape index (κ2) is 7.45. The normalized spacial score (nSPS) is 16.2. The zero-order valence-electron chi connectivity index (χ0n) is 12.0. The van der Waals surface area contributed by atoms with Gasteiger partial charge in [-0.2, -0.15) is 0 Å². The third-order valence-corrected chi connectivity index (χ3v) is 5.86. The van der Waals surface area contributed by atoms with Gasteiger partial charge in [-0.3, -0.25) is 0 Å². The van der Waals surface area contributed by atoms with Crippen LogP contribution in [0.25, 0.3) is 0 Å². The van der Waals surface area contributed by atoms with Crippen molar-refractivity contribution in [3.63, 3.8) is 0 Å². The molecule has 3 nitrogen and oxygen atoms in total. The molecule has 0 saturated carbocycles. The predicted octanol–water partition coefficient (Wildman–Crippen LogP) is 4.28. The second-order valence-electron chi connectivity index (χ2n) is 5.43. The van der Waals surface area contributed by atoms with E-state index in [9.17, 15) is 0 Å². The summed E-state index contributed by atoms with van der Waals surface area (Å²) in [5.41, 5.74) is 1.39. The van der Waals surface area contributed by atoms with Gasteiger partial charge in [0.15, 0.2) is 5.16 Å². The van der Waals surface area contributed by atoms with Crippen molar-refractivity contribution in [1.82, 2.24) is 14.8 Å². The molecule has 3 rings (SSSR count). The van der Waals surface area contributed by atoms with Crippen LogP contribution in [-0.4, -0.2) is 25.8 Å². The van der Waals surface area contributed by atoms with Crippen molar-refractivity contribution in [2.45, 2.75) is 43.3 Å². The quantitative estimate of drug-likeness (QED) is 0.585. The van der Waals surface area contributed by atoms with Gasteiger partial charge in [0.2, 0.25) is 0 Å².